The molecule has 7 heteroatoms. The Morgan fingerprint density at radius 2 is 1.85 bits per heavy atom. The van der Waals surface area contributed by atoms with E-state index in [1.54, 1.807) is 50.9 Å². The Bertz CT molecular complexity index is 944. The minimum Gasteiger partial charge on any atom is -0.493 e. The maximum atomic E-state index is 9.60. The van der Waals surface area contributed by atoms with E-state index in [0.29, 0.717) is 27.8 Å². The van der Waals surface area contributed by atoms with Crippen molar-refractivity contribution in [2.45, 2.75) is 0 Å². The predicted molar refractivity (Wildman–Crippen MR) is 105 cm³/mol. The van der Waals surface area contributed by atoms with E-state index in [1.165, 1.54) is 11.3 Å². The molecule has 0 saturated carbocycles. The van der Waals surface area contributed by atoms with Gasteiger partial charge in [0.15, 0.2) is 11.5 Å². The fourth-order valence-electron chi connectivity index (χ4n) is 2.43. The van der Waals surface area contributed by atoms with Crippen molar-refractivity contribution < 1.29 is 14.2 Å². The molecular formula is C19H16N2O3S2. The molecule has 0 N–H and O–H groups in total. The number of hydrogen-bond donors (Lipinski definition) is 0. The standard InChI is InChI=1S/C19H16N2O3S2/c1-22-15-8-12(9-16(23-2)18(15)24-3)7-13(10-20)19-21-14(11-26-19)17-5-4-6-25-17/h4-9,11H,1-3H3/b13-7+. The molecule has 2 heterocycles. The van der Waals surface area contributed by atoms with Crippen LogP contribution in [0.2, 0.25) is 0 Å². The molecular weight excluding hydrogens is 368 g/mol. The van der Waals surface area contributed by atoms with E-state index in [4.69, 9.17) is 14.2 Å². The Morgan fingerprint density at radius 1 is 1.12 bits per heavy atom. The molecule has 2 aromatic heterocycles. The number of thiazole rings is 1. The summed E-state index contributed by atoms with van der Waals surface area (Å²) in [5, 5.41) is 14.2. The molecule has 0 unspecified atom stereocenters. The molecule has 132 valence electrons. The van der Waals surface area contributed by atoms with E-state index >= 15 is 0 Å². The lowest BCUT2D eigenvalue weighted by molar-refractivity contribution is 0.324. The van der Waals surface area contributed by atoms with Crippen molar-refractivity contribution in [2.75, 3.05) is 21.3 Å². The van der Waals surface area contributed by atoms with Crippen LogP contribution in [0.3, 0.4) is 0 Å². The monoisotopic (exact) mass is 384 g/mol. The first kappa shape index (κ1) is 18.0. The second-order valence-corrected chi connectivity index (χ2v) is 6.95. The molecule has 0 amide bonds. The third-order valence-corrected chi connectivity index (χ3v) is 5.39. The van der Waals surface area contributed by atoms with Gasteiger partial charge in [-0.1, -0.05) is 6.07 Å². The van der Waals surface area contributed by atoms with E-state index in [9.17, 15) is 5.26 Å². The van der Waals surface area contributed by atoms with Crippen molar-refractivity contribution in [1.29, 1.82) is 5.26 Å². The summed E-state index contributed by atoms with van der Waals surface area (Å²) in [6.07, 6.45) is 1.77. The average molecular weight is 384 g/mol. The highest BCUT2D eigenvalue weighted by molar-refractivity contribution is 7.14. The summed E-state index contributed by atoms with van der Waals surface area (Å²) in [7, 11) is 4.67. The van der Waals surface area contributed by atoms with Gasteiger partial charge in [0.1, 0.15) is 11.1 Å². The summed E-state index contributed by atoms with van der Waals surface area (Å²) < 4.78 is 16.1. The summed E-state index contributed by atoms with van der Waals surface area (Å²) in [5.74, 6) is 1.59. The van der Waals surface area contributed by atoms with Crippen LogP contribution in [-0.2, 0) is 0 Å². The van der Waals surface area contributed by atoms with E-state index in [2.05, 4.69) is 11.1 Å². The zero-order valence-electron chi connectivity index (χ0n) is 14.5. The SMILES string of the molecule is COc1cc(/C=C(\C#N)c2nc(-c3cccs3)cs2)cc(OC)c1OC. The number of nitriles is 1. The molecule has 0 aliphatic rings. The highest BCUT2D eigenvalue weighted by Gasteiger charge is 2.14. The number of aromatic nitrogens is 1. The lowest BCUT2D eigenvalue weighted by Gasteiger charge is -2.13. The molecule has 0 bridgehead atoms. The number of rotatable bonds is 6. The normalized spacial score (nSPS) is 11.1. The first-order valence-corrected chi connectivity index (χ1v) is 9.37. The number of nitrogens with zero attached hydrogens (tertiary/aromatic N) is 2. The fourth-order valence-corrected chi connectivity index (χ4v) is 3.97. The van der Waals surface area contributed by atoms with Crippen LogP contribution in [0.5, 0.6) is 17.2 Å². The van der Waals surface area contributed by atoms with Crippen LogP contribution < -0.4 is 14.2 Å². The predicted octanol–water partition coefficient (Wildman–Crippen LogP) is 4.96. The van der Waals surface area contributed by atoms with Crippen LogP contribution >= 0.6 is 22.7 Å². The molecule has 0 aliphatic carbocycles. The van der Waals surface area contributed by atoms with Crippen molar-refractivity contribution >= 4 is 34.3 Å². The molecule has 0 spiro atoms. The molecule has 3 aromatic rings. The van der Waals surface area contributed by atoms with Gasteiger partial charge in [-0.2, -0.15) is 5.26 Å². The zero-order chi connectivity index (χ0) is 18.5. The number of benzene rings is 1. The van der Waals surface area contributed by atoms with Crippen molar-refractivity contribution in [2.24, 2.45) is 0 Å². The first-order chi connectivity index (χ1) is 12.7. The summed E-state index contributed by atoms with van der Waals surface area (Å²) in [6.45, 7) is 0. The Kier molecular flexibility index (Phi) is 5.56. The zero-order valence-corrected chi connectivity index (χ0v) is 16.1. The smallest absolute Gasteiger partial charge is 0.203 e. The molecule has 1 aromatic carbocycles. The number of thiophene rings is 1. The van der Waals surface area contributed by atoms with Gasteiger partial charge in [0, 0.05) is 5.38 Å². The van der Waals surface area contributed by atoms with Gasteiger partial charge in [-0.15, -0.1) is 22.7 Å². The molecule has 5 nitrogen and oxygen atoms in total. The highest BCUT2D eigenvalue weighted by Crippen LogP contribution is 2.39. The second-order valence-electron chi connectivity index (χ2n) is 5.14. The van der Waals surface area contributed by atoms with Crippen molar-refractivity contribution in [3.05, 3.63) is 45.6 Å². The van der Waals surface area contributed by atoms with E-state index in [-0.39, 0.29) is 0 Å². The van der Waals surface area contributed by atoms with Crippen molar-refractivity contribution in [1.82, 2.24) is 4.98 Å². The van der Waals surface area contributed by atoms with Gasteiger partial charge in [0.05, 0.1) is 37.5 Å². The van der Waals surface area contributed by atoms with Crippen LogP contribution in [0, 0.1) is 11.3 Å². The molecule has 0 aliphatic heterocycles. The summed E-state index contributed by atoms with van der Waals surface area (Å²) >= 11 is 3.07. The summed E-state index contributed by atoms with van der Waals surface area (Å²) in [6, 6.07) is 9.82. The van der Waals surface area contributed by atoms with Gasteiger partial charge in [-0.3, -0.25) is 0 Å². The molecule has 0 radical (unpaired) electrons. The van der Waals surface area contributed by atoms with Crippen molar-refractivity contribution in [3.63, 3.8) is 0 Å². The lowest BCUT2D eigenvalue weighted by Crippen LogP contribution is -1.95. The fraction of sp³-hybridized carbons (Fsp3) is 0.158. The van der Waals surface area contributed by atoms with Gasteiger partial charge >= 0.3 is 0 Å². The van der Waals surface area contributed by atoms with Gasteiger partial charge in [0.2, 0.25) is 5.75 Å². The number of allylic oxidation sites excluding steroid dienone is 1. The van der Waals surface area contributed by atoms with Crippen LogP contribution in [0.4, 0.5) is 0 Å². The Hall–Kier alpha value is -2.82. The number of hydrogen-bond acceptors (Lipinski definition) is 7. The maximum absolute atomic E-state index is 9.60. The summed E-state index contributed by atoms with van der Waals surface area (Å²) in [4.78, 5) is 5.67. The molecule has 3 rings (SSSR count). The van der Waals surface area contributed by atoms with Gasteiger partial charge in [-0.05, 0) is 35.2 Å². The van der Waals surface area contributed by atoms with Crippen LogP contribution in [0.1, 0.15) is 10.6 Å². The lowest BCUT2D eigenvalue weighted by atomic mass is 10.1. The van der Waals surface area contributed by atoms with E-state index < -0.39 is 0 Å². The number of ether oxygens (including phenoxy) is 3. The third kappa shape index (κ3) is 3.57. The van der Waals surface area contributed by atoms with Crippen LogP contribution in [-0.4, -0.2) is 26.3 Å². The van der Waals surface area contributed by atoms with E-state index in [1.807, 2.05) is 22.9 Å². The van der Waals surface area contributed by atoms with Gasteiger partial charge in [0.25, 0.3) is 0 Å². The van der Waals surface area contributed by atoms with Gasteiger partial charge in [-0.25, -0.2) is 4.98 Å². The minimum atomic E-state index is 0.479. The quantitative estimate of drug-likeness (QED) is 0.562. The van der Waals surface area contributed by atoms with Crippen LogP contribution in [0.25, 0.3) is 22.2 Å². The van der Waals surface area contributed by atoms with Gasteiger partial charge < -0.3 is 14.2 Å². The minimum absolute atomic E-state index is 0.479. The third-order valence-electron chi connectivity index (χ3n) is 3.63. The van der Waals surface area contributed by atoms with Crippen molar-refractivity contribution in [3.8, 4) is 33.9 Å². The topological polar surface area (TPSA) is 64.4 Å². The Balaban J connectivity index is 2.01. The van der Waals surface area contributed by atoms with E-state index in [0.717, 1.165) is 16.1 Å². The molecule has 0 fully saturated rings. The molecule has 26 heavy (non-hydrogen) atoms. The summed E-state index contributed by atoms with van der Waals surface area (Å²) in [5.41, 5.74) is 2.13. The highest BCUT2D eigenvalue weighted by atomic mass is 32.1. The molecule has 0 saturated heterocycles. The maximum Gasteiger partial charge on any atom is 0.203 e. The molecule has 0 atom stereocenters. The largest absolute Gasteiger partial charge is 0.493 e. The second kappa shape index (κ2) is 8.04. The number of methoxy groups -OCH3 is 3. The Labute approximate surface area is 159 Å². The first-order valence-electron chi connectivity index (χ1n) is 7.61. The Morgan fingerprint density at radius 3 is 2.38 bits per heavy atom. The average Bonchev–Trinajstić information content (AvgIpc) is 3.36. The van der Waals surface area contributed by atoms with Crippen LogP contribution in [0.15, 0.2) is 35.0 Å².